The molecule has 0 radical (unpaired) electrons. The predicted octanol–water partition coefficient (Wildman–Crippen LogP) is -1.40. The summed E-state index contributed by atoms with van der Waals surface area (Å²) < 4.78 is 0. The van der Waals surface area contributed by atoms with E-state index in [1.54, 1.807) is 0 Å². The van der Waals surface area contributed by atoms with Crippen molar-refractivity contribution >= 4 is 17.9 Å². The molecule has 0 aromatic rings. The molecule has 7 nitrogen and oxygen atoms in total. The minimum Gasteiger partial charge on any atom is -0.370 e. The number of hydrogen-bond donors (Lipinski definition) is 3. The smallest absolute Gasteiger partial charge is 0.329 e. The van der Waals surface area contributed by atoms with E-state index in [2.05, 4.69) is 9.83 Å². The highest BCUT2D eigenvalue weighted by Gasteiger charge is 2.05. The monoisotopic (exact) mass is 173 g/mol. The lowest BCUT2D eigenvalue weighted by Gasteiger charge is -2.13. The first-order valence-electron chi connectivity index (χ1n) is 3.04. The fourth-order valence-corrected chi connectivity index (χ4v) is 0.429. The van der Waals surface area contributed by atoms with E-state index < -0.39 is 5.97 Å². The minimum absolute atomic E-state index is 0.265. The van der Waals surface area contributed by atoms with Crippen LogP contribution in [0.15, 0.2) is 4.99 Å². The van der Waals surface area contributed by atoms with Crippen LogP contribution in [0, 0.1) is 5.41 Å². The molecule has 0 saturated heterocycles. The van der Waals surface area contributed by atoms with Crippen molar-refractivity contribution in [3.05, 3.63) is 0 Å². The fraction of sp³-hybridized carbons (Fsp3) is 0.400. The zero-order chi connectivity index (χ0) is 9.72. The molecule has 12 heavy (non-hydrogen) atoms. The number of aliphatic imine (C=N–C) groups is 1. The van der Waals surface area contributed by atoms with Gasteiger partial charge in [0.2, 0.25) is 0 Å². The van der Waals surface area contributed by atoms with Crippen LogP contribution in [0.5, 0.6) is 0 Å². The number of nitrogens with two attached hydrogens (primary N) is 2. The molecular weight excluding hydrogens is 162 g/mol. The average molecular weight is 173 g/mol. The van der Waals surface area contributed by atoms with Crippen molar-refractivity contribution in [1.29, 1.82) is 5.41 Å². The molecule has 0 heterocycles. The van der Waals surface area contributed by atoms with Gasteiger partial charge in [-0.25, -0.2) is 0 Å². The van der Waals surface area contributed by atoms with E-state index >= 15 is 0 Å². The molecule has 0 fully saturated rings. The first kappa shape index (κ1) is 10.2. The van der Waals surface area contributed by atoms with Gasteiger partial charge in [-0.05, 0) is 0 Å². The molecule has 5 N–H and O–H groups in total. The van der Waals surface area contributed by atoms with Crippen molar-refractivity contribution in [1.82, 2.24) is 5.06 Å². The Balaban J connectivity index is 4.11. The third-order valence-electron chi connectivity index (χ3n) is 0.799. The van der Waals surface area contributed by atoms with Gasteiger partial charge in [0.15, 0.2) is 5.96 Å². The van der Waals surface area contributed by atoms with Gasteiger partial charge in [-0.15, -0.1) is 0 Å². The number of carbonyl (C=O) groups is 1. The van der Waals surface area contributed by atoms with Crippen LogP contribution in [0.2, 0.25) is 0 Å². The first-order chi connectivity index (χ1) is 5.43. The van der Waals surface area contributed by atoms with Crippen LogP contribution in [0.1, 0.15) is 6.92 Å². The highest BCUT2D eigenvalue weighted by Crippen LogP contribution is 1.88. The third-order valence-corrected chi connectivity index (χ3v) is 0.799. The molecule has 68 valence electrons. The molecule has 0 bridgehead atoms. The Kier molecular flexibility index (Phi) is 3.54. The zero-order valence-electron chi connectivity index (χ0n) is 6.87. The summed E-state index contributed by atoms with van der Waals surface area (Å²) in [5, 5.41) is 7.97. The van der Waals surface area contributed by atoms with Gasteiger partial charge in [0, 0.05) is 14.0 Å². The molecule has 0 aliphatic rings. The molecule has 0 unspecified atom stereocenters. The van der Waals surface area contributed by atoms with Gasteiger partial charge < -0.3 is 16.3 Å². The van der Waals surface area contributed by atoms with Crippen LogP contribution in [0.25, 0.3) is 0 Å². The molecule has 0 aromatic heterocycles. The van der Waals surface area contributed by atoms with Crippen LogP contribution in [0.4, 0.5) is 0 Å². The van der Waals surface area contributed by atoms with Crippen LogP contribution >= 0.6 is 0 Å². The van der Waals surface area contributed by atoms with Gasteiger partial charge in [-0.3, -0.25) is 10.2 Å². The standard InChI is InChI=1S/C5H11N5O2/c1-3(11)12-10(2)5(8)9-4(6)7/h1-2H3,(H5,6,7,8,9). The summed E-state index contributed by atoms with van der Waals surface area (Å²) >= 11 is 0. The van der Waals surface area contributed by atoms with Gasteiger partial charge in [0.1, 0.15) is 0 Å². The van der Waals surface area contributed by atoms with Crippen molar-refractivity contribution in [2.24, 2.45) is 16.5 Å². The fourth-order valence-electron chi connectivity index (χ4n) is 0.429. The molecule has 0 aliphatic carbocycles. The van der Waals surface area contributed by atoms with Gasteiger partial charge in [0.25, 0.3) is 5.96 Å². The molecule has 0 aliphatic heterocycles. The summed E-state index contributed by atoms with van der Waals surface area (Å²) in [5.74, 6) is -1.16. The van der Waals surface area contributed by atoms with E-state index in [0.29, 0.717) is 0 Å². The number of carbonyl (C=O) groups excluding carboxylic acids is 1. The Bertz CT molecular complexity index is 220. The lowest BCUT2D eigenvalue weighted by Crippen LogP contribution is -2.31. The number of nitrogens with one attached hydrogen (secondary N) is 1. The number of nitrogens with zero attached hydrogens (tertiary/aromatic N) is 2. The maximum atomic E-state index is 10.4. The van der Waals surface area contributed by atoms with Crippen LogP contribution in [-0.4, -0.2) is 30.0 Å². The second-order valence-corrected chi connectivity index (χ2v) is 1.94. The molecule has 0 saturated carbocycles. The van der Waals surface area contributed by atoms with Crippen molar-refractivity contribution in [3.63, 3.8) is 0 Å². The molecule has 7 heteroatoms. The van der Waals surface area contributed by atoms with E-state index in [0.717, 1.165) is 5.06 Å². The Morgan fingerprint density at radius 1 is 1.58 bits per heavy atom. The number of rotatable bonds is 0. The second-order valence-electron chi connectivity index (χ2n) is 1.94. The summed E-state index contributed by atoms with van der Waals surface area (Å²) in [4.78, 5) is 18.2. The lowest BCUT2D eigenvalue weighted by atomic mass is 10.8. The van der Waals surface area contributed by atoms with Crippen molar-refractivity contribution in [2.75, 3.05) is 7.05 Å². The van der Waals surface area contributed by atoms with Gasteiger partial charge >= 0.3 is 5.97 Å². The van der Waals surface area contributed by atoms with Gasteiger partial charge in [-0.2, -0.15) is 10.1 Å². The quantitative estimate of drug-likeness (QED) is 0.236. The maximum absolute atomic E-state index is 10.4. The van der Waals surface area contributed by atoms with Crippen LogP contribution in [-0.2, 0) is 9.63 Å². The second kappa shape index (κ2) is 4.16. The van der Waals surface area contributed by atoms with E-state index in [1.807, 2.05) is 0 Å². The Morgan fingerprint density at radius 2 is 2.08 bits per heavy atom. The summed E-state index contributed by atoms with van der Waals surface area (Å²) in [7, 11) is 1.34. The summed E-state index contributed by atoms with van der Waals surface area (Å²) in [6.45, 7) is 1.21. The zero-order valence-corrected chi connectivity index (χ0v) is 6.87. The lowest BCUT2D eigenvalue weighted by molar-refractivity contribution is -0.166. The van der Waals surface area contributed by atoms with Gasteiger partial charge in [0.05, 0.1) is 0 Å². The topological polar surface area (TPSA) is 118 Å². The van der Waals surface area contributed by atoms with Crippen molar-refractivity contribution < 1.29 is 9.63 Å². The summed E-state index contributed by atoms with van der Waals surface area (Å²) in [6, 6.07) is 0. The van der Waals surface area contributed by atoms with E-state index in [4.69, 9.17) is 16.9 Å². The minimum atomic E-state index is -0.548. The summed E-state index contributed by atoms with van der Waals surface area (Å²) in [6.07, 6.45) is 0. The van der Waals surface area contributed by atoms with E-state index in [-0.39, 0.29) is 11.9 Å². The van der Waals surface area contributed by atoms with Crippen molar-refractivity contribution in [2.45, 2.75) is 6.92 Å². The highest BCUT2D eigenvalue weighted by atomic mass is 16.7. The normalized spacial score (nSPS) is 8.50. The third kappa shape index (κ3) is 4.09. The molecule has 0 aromatic carbocycles. The molecule has 0 atom stereocenters. The van der Waals surface area contributed by atoms with Gasteiger partial charge in [-0.1, -0.05) is 0 Å². The molecular formula is C5H11N5O2. The number of hydroxylamine groups is 2. The number of hydrogen-bond acceptors (Lipinski definition) is 3. The molecule has 0 rings (SSSR count). The molecule has 0 amide bonds. The van der Waals surface area contributed by atoms with E-state index in [1.165, 1.54) is 14.0 Å². The Labute approximate surface area is 69.4 Å². The number of guanidine groups is 2. The SMILES string of the molecule is CC(=O)ON(C)C(=N)N=C(N)N. The first-order valence-corrected chi connectivity index (χ1v) is 3.04. The summed E-state index contributed by atoms with van der Waals surface area (Å²) in [5.41, 5.74) is 9.96. The largest absolute Gasteiger partial charge is 0.370 e. The van der Waals surface area contributed by atoms with E-state index in [9.17, 15) is 4.79 Å². The highest BCUT2D eigenvalue weighted by molar-refractivity contribution is 5.91. The average Bonchev–Trinajstić information content (AvgIpc) is 1.84. The predicted molar refractivity (Wildman–Crippen MR) is 43.1 cm³/mol. The molecule has 0 spiro atoms. The maximum Gasteiger partial charge on any atom is 0.329 e. The van der Waals surface area contributed by atoms with Crippen molar-refractivity contribution in [3.8, 4) is 0 Å². The van der Waals surface area contributed by atoms with Crippen LogP contribution in [0.3, 0.4) is 0 Å². The van der Waals surface area contributed by atoms with Crippen LogP contribution < -0.4 is 11.5 Å². The Morgan fingerprint density at radius 3 is 2.42 bits per heavy atom. The Hall–Kier alpha value is -1.79.